The summed E-state index contributed by atoms with van der Waals surface area (Å²) in [5.41, 5.74) is 0.651. The first-order valence-electron chi connectivity index (χ1n) is 21.5. The number of carbonyl (C=O) groups excluding carboxylic acids is 6. The second-order valence-corrected chi connectivity index (χ2v) is 18.6. The number of tetrazole rings is 1. The van der Waals surface area contributed by atoms with Gasteiger partial charge in [0.15, 0.2) is 0 Å². The zero-order valence-electron chi connectivity index (χ0n) is 37.9. The molecule has 1 atom stereocenters. The highest BCUT2D eigenvalue weighted by Crippen LogP contribution is 2.31. The molecule has 2 fully saturated rings. The van der Waals surface area contributed by atoms with Crippen molar-refractivity contribution in [1.82, 2.24) is 34.6 Å². The Morgan fingerprint density at radius 1 is 0.803 bits per heavy atom. The van der Waals surface area contributed by atoms with Crippen molar-refractivity contribution in [3.63, 3.8) is 0 Å². The van der Waals surface area contributed by atoms with Gasteiger partial charge in [-0.15, -0.1) is 5.10 Å². The maximum Gasteiger partial charge on any atom is 0.419 e. The molecule has 348 valence electrons. The molecule has 2 aliphatic rings. The van der Waals surface area contributed by atoms with E-state index in [0.29, 0.717) is 64.2 Å². The first kappa shape index (κ1) is 47.1. The Hall–Kier alpha value is -6.86. The first-order chi connectivity index (χ1) is 31.3. The Balaban J connectivity index is 1.16. The fraction of sp³-hybridized carbons (Fsp3) is 0.413. The molecule has 2 aliphatic heterocycles. The summed E-state index contributed by atoms with van der Waals surface area (Å²) in [6, 6.07) is 16.4. The van der Waals surface area contributed by atoms with E-state index in [2.05, 4.69) is 26.2 Å². The summed E-state index contributed by atoms with van der Waals surface area (Å²) in [7, 11) is 1.67. The zero-order valence-corrected chi connectivity index (χ0v) is 38.6. The lowest BCUT2D eigenvalue weighted by atomic mass is 9.98. The molecule has 7 rings (SSSR count). The van der Waals surface area contributed by atoms with E-state index in [1.807, 2.05) is 0 Å². The third-order valence-electron chi connectivity index (χ3n) is 10.9. The summed E-state index contributed by atoms with van der Waals surface area (Å²) in [5, 5.41) is 17.9. The molecule has 5 amide bonds. The quantitative estimate of drug-likeness (QED) is 0.110. The lowest BCUT2D eigenvalue weighted by Gasteiger charge is -2.38. The van der Waals surface area contributed by atoms with Crippen LogP contribution in [0.5, 0.6) is 0 Å². The van der Waals surface area contributed by atoms with Gasteiger partial charge in [-0.3, -0.25) is 14.4 Å². The number of piperidine rings is 1. The zero-order chi connectivity index (χ0) is 47.5. The van der Waals surface area contributed by atoms with Crippen molar-refractivity contribution in [3.05, 3.63) is 89.3 Å². The highest BCUT2D eigenvalue weighted by Gasteiger charge is 2.41. The number of urea groups is 1. The highest BCUT2D eigenvalue weighted by molar-refractivity contribution is 6.41. The van der Waals surface area contributed by atoms with Crippen LogP contribution in [0.4, 0.5) is 26.7 Å². The van der Waals surface area contributed by atoms with E-state index in [4.69, 9.17) is 25.8 Å². The number of amides is 5. The van der Waals surface area contributed by atoms with Crippen LogP contribution in [-0.2, 0) is 35.0 Å². The van der Waals surface area contributed by atoms with Gasteiger partial charge >= 0.3 is 29.9 Å². The summed E-state index contributed by atoms with van der Waals surface area (Å²) in [6.07, 6.45) is 2.23. The number of aromatic nitrogens is 5. The number of nitrogens with zero attached hydrogens (tertiary/aromatic N) is 8. The Morgan fingerprint density at radius 2 is 1.50 bits per heavy atom. The van der Waals surface area contributed by atoms with Crippen LogP contribution in [0.1, 0.15) is 70.4 Å². The minimum absolute atomic E-state index is 0.00487. The SMILES string of the molecule is COCC1CCN(C(=O)Nc2ccc(CC(C(=O)Nc3ccc4c(c3)cc(C(=O)OC(C)(C)C)n4C(=O)OC(C)(C)C)N3CCN(c4cc(Cl)ccc4-n4cnnn4)C(=O)C3=O)cc2)CC1. The Labute approximate surface area is 386 Å². The molecule has 2 N–H and O–H groups in total. The lowest BCUT2D eigenvalue weighted by Crippen LogP contribution is -2.60. The molecule has 1 unspecified atom stereocenters. The van der Waals surface area contributed by atoms with E-state index in [9.17, 15) is 28.8 Å². The predicted octanol–water partition coefficient (Wildman–Crippen LogP) is 6.32. The Bertz CT molecular complexity index is 2630. The van der Waals surface area contributed by atoms with Gasteiger partial charge in [0, 0.05) is 68.1 Å². The van der Waals surface area contributed by atoms with Crippen LogP contribution in [0, 0.1) is 5.92 Å². The average Bonchev–Trinajstić information content (AvgIpc) is 3.93. The number of nitrogens with one attached hydrogen (secondary N) is 2. The number of halogens is 1. The predicted molar refractivity (Wildman–Crippen MR) is 245 cm³/mol. The van der Waals surface area contributed by atoms with Crippen LogP contribution in [0.15, 0.2) is 73.1 Å². The maximum absolute atomic E-state index is 14.6. The fourth-order valence-electron chi connectivity index (χ4n) is 7.89. The van der Waals surface area contributed by atoms with Crippen LogP contribution in [0.25, 0.3) is 16.6 Å². The van der Waals surface area contributed by atoms with Crippen LogP contribution in [-0.4, -0.2) is 128 Å². The molecular weight excluding hydrogens is 872 g/mol. The van der Waals surface area contributed by atoms with Gasteiger partial charge in [0.1, 0.15) is 29.3 Å². The standard InChI is InChI=1S/C46H53ClN10O9/c1-45(2,3)65-42(61)38-24-30-23-33(13-15-34(30)57(38)44(63)66-46(4,5)6)49-39(58)37(22-28-8-11-32(12-9-28)50-43(62)53-18-16-29(17-19-53)26-64-7)55-21-20-54(40(59)41(55)60)36-25-31(47)10-14-35(36)56-27-48-51-52-56/h8-15,23-25,27,29,37H,16-22,26H2,1-7H3,(H,49,58)(H,50,62). The van der Waals surface area contributed by atoms with Gasteiger partial charge in [-0.2, -0.15) is 4.68 Å². The number of fused-ring (bicyclic) bond motifs is 1. The number of benzene rings is 3. The van der Waals surface area contributed by atoms with Crippen molar-refractivity contribution in [2.24, 2.45) is 5.92 Å². The fourth-order valence-corrected chi connectivity index (χ4v) is 8.06. The molecule has 2 saturated heterocycles. The van der Waals surface area contributed by atoms with Gasteiger partial charge < -0.3 is 39.5 Å². The number of rotatable bonds is 11. The number of methoxy groups -OCH3 is 1. The van der Waals surface area contributed by atoms with Crippen molar-refractivity contribution in [2.45, 2.75) is 78.0 Å². The van der Waals surface area contributed by atoms with Gasteiger partial charge in [0.2, 0.25) is 5.91 Å². The number of piperazine rings is 1. The number of hydrogen-bond acceptors (Lipinski definition) is 12. The van der Waals surface area contributed by atoms with Gasteiger partial charge in [0.25, 0.3) is 0 Å². The van der Waals surface area contributed by atoms with E-state index < -0.39 is 47.0 Å². The normalized spacial score (nSPS) is 15.5. The number of likely N-dealkylation sites (tertiary alicyclic amines) is 1. The van der Waals surface area contributed by atoms with Gasteiger partial charge in [-0.1, -0.05) is 23.7 Å². The van der Waals surface area contributed by atoms with Gasteiger partial charge in [-0.25, -0.2) is 19.0 Å². The molecule has 0 spiro atoms. The van der Waals surface area contributed by atoms with E-state index >= 15 is 0 Å². The third-order valence-corrected chi connectivity index (χ3v) is 11.2. The summed E-state index contributed by atoms with van der Waals surface area (Å²) < 4.78 is 19.0. The van der Waals surface area contributed by atoms with Crippen LogP contribution in [0.3, 0.4) is 0 Å². The van der Waals surface area contributed by atoms with Crippen LogP contribution in [0.2, 0.25) is 5.02 Å². The molecule has 0 bridgehead atoms. The van der Waals surface area contributed by atoms with E-state index in [1.54, 1.807) is 108 Å². The van der Waals surface area contributed by atoms with Crippen molar-refractivity contribution < 1.29 is 43.0 Å². The first-order valence-corrected chi connectivity index (χ1v) is 21.9. The average molecular weight is 925 g/mol. The second kappa shape index (κ2) is 19.3. The topological polar surface area (TPSA) is 212 Å². The van der Waals surface area contributed by atoms with Crippen molar-refractivity contribution in [3.8, 4) is 5.69 Å². The van der Waals surface area contributed by atoms with Gasteiger partial charge in [0.05, 0.1) is 16.9 Å². The third kappa shape index (κ3) is 11.0. The highest BCUT2D eigenvalue weighted by atomic mass is 35.5. The van der Waals surface area contributed by atoms with E-state index in [1.165, 1.54) is 32.9 Å². The monoisotopic (exact) mass is 924 g/mol. The Morgan fingerprint density at radius 3 is 2.15 bits per heavy atom. The number of hydrogen-bond donors (Lipinski definition) is 2. The smallest absolute Gasteiger partial charge is 0.419 e. The number of carbonyl (C=O) groups is 6. The minimum Gasteiger partial charge on any atom is -0.455 e. The van der Waals surface area contributed by atoms with Crippen molar-refractivity contribution in [2.75, 3.05) is 55.4 Å². The molecule has 19 nitrogen and oxygen atoms in total. The number of anilines is 3. The molecule has 0 aliphatic carbocycles. The summed E-state index contributed by atoms with van der Waals surface area (Å²) in [5.74, 6) is -2.80. The number of ether oxygens (including phenoxy) is 3. The largest absolute Gasteiger partial charge is 0.455 e. The molecular formula is C46H53ClN10O9. The molecule has 66 heavy (non-hydrogen) atoms. The molecule has 2 aromatic heterocycles. The minimum atomic E-state index is -1.21. The lowest BCUT2D eigenvalue weighted by molar-refractivity contribution is -0.149. The van der Waals surface area contributed by atoms with E-state index in [0.717, 1.165) is 17.4 Å². The molecule has 0 saturated carbocycles. The Kier molecular flexibility index (Phi) is 13.8. The molecule has 3 aromatic carbocycles. The maximum atomic E-state index is 14.6. The van der Waals surface area contributed by atoms with Crippen molar-refractivity contribution >= 4 is 75.4 Å². The summed E-state index contributed by atoms with van der Waals surface area (Å²) >= 11 is 6.37. The van der Waals surface area contributed by atoms with Crippen molar-refractivity contribution in [1.29, 1.82) is 0 Å². The number of esters is 1. The molecule has 0 radical (unpaired) electrons. The summed E-state index contributed by atoms with van der Waals surface area (Å²) in [6.45, 7) is 12.1. The molecule has 5 aromatic rings. The second-order valence-electron chi connectivity index (χ2n) is 18.2. The summed E-state index contributed by atoms with van der Waals surface area (Å²) in [4.78, 5) is 87.2. The molecule has 20 heteroatoms. The van der Waals surface area contributed by atoms with Gasteiger partial charge in [-0.05, 0) is 131 Å². The van der Waals surface area contributed by atoms with Crippen LogP contribution >= 0.6 is 11.6 Å². The van der Waals surface area contributed by atoms with E-state index in [-0.39, 0.29) is 36.9 Å². The van der Waals surface area contributed by atoms with Crippen LogP contribution < -0.4 is 15.5 Å². The molecule has 4 heterocycles.